The zero-order valence-corrected chi connectivity index (χ0v) is 46.8. The first-order chi connectivity index (χ1) is 38.5. The molecular formula is C61H69FN10O7S. The van der Waals surface area contributed by atoms with Crippen molar-refractivity contribution in [3.8, 4) is 45.4 Å². The van der Waals surface area contributed by atoms with E-state index in [2.05, 4.69) is 63.5 Å². The molecule has 10 rings (SSSR count). The minimum atomic E-state index is -2.01. The number of halogens is 1. The molecule has 418 valence electrons. The Hall–Kier alpha value is -7.53. The van der Waals surface area contributed by atoms with Gasteiger partial charge < -0.3 is 39.9 Å². The molecule has 0 spiro atoms. The number of nitrogens with one attached hydrogen (secondary N) is 2. The number of aryl methyl sites for hydroxylation is 2. The van der Waals surface area contributed by atoms with Crippen LogP contribution in [0.15, 0.2) is 96.6 Å². The Morgan fingerprint density at radius 2 is 1.65 bits per heavy atom. The average molecular weight is 1110 g/mol. The number of anilines is 1. The topological polar surface area (TPSA) is 197 Å². The largest absolute Gasteiger partial charge is 0.463 e. The van der Waals surface area contributed by atoms with Crippen LogP contribution in [0.3, 0.4) is 0 Å². The molecule has 4 aliphatic rings. The second-order valence-electron chi connectivity index (χ2n) is 22.5. The first kappa shape index (κ1) is 55.8. The number of aromatic nitrogens is 5. The van der Waals surface area contributed by atoms with E-state index < -0.39 is 53.0 Å². The highest BCUT2D eigenvalue weighted by Crippen LogP contribution is 2.41. The summed E-state index contributed by atoms with van der Waals surface area (Å²) in [5, 5.41) is 21.4. The fourth-order valence-electron chi connectivity index (χ4n) is 10.4. The molecule has 3 saturated heterocycles. The maximum atomic E-state index is 14.8. The van der Waals surface area contributed by atoms with Crippen LogP contribution in [0, 0.1) is 37.0 Å². The summed E-state index contributed by atoms with van der Waals surface area (Å²) in [5.74, 6) is 6.13. The number of alkyl halides is 1. The van der Waals surface area contributed by atoms with E-state index in [1.54, 1.807) is 31.0 Å². The van der Waals surface area contributed by atoms with Crippen LogP contribution < -0.4 is 20.3 Å². The van der Waals surface area contributed by atoms with Crippen LogP contribution in [0.25, 0.3) is 27.5 Å². The van der Waals surface area contributed by atoms with E-state index >= 15 is 0 Å². The number of aliphatic hydroxyl groups excluding tert-OH is 1. The van der Waals surface area contributed by atoms with Crippen molar-refractivity contribution in [2.75, 3.05) is 57.4 Å². The molecule has 0 unspecified atom stereocenters. The van der Waals surface area contributed by atoms with Crippen LogP contribution in [0.4, 0.5) is 10.2 Å². The fraction of sp³-hybridized carbons (Fsp3) is 0.443. The van der Waals surface area contributed by atoms with Gasteiger partial charge in [-0.15, -0.1) is 11.3 Å². The van der Waals surface area contributed by atoms with E-state index in [1.807, 2.05) is 78.7 Å². The Morgan fingerprint density at radius 3 is 2.34 bits per heavy atom. The molecule has 80 heavy (non-hydrogen) atoms. The lowest BCUT2D eigenvalue weighted by molar-refractivity contribution is -0.145. The summed E-state index contributed by atoms with van der Waals surface area (Å²) in [4.78, 5) is 75.9. The minimum Gasteiger partial charge on any atom is -0.463 e. The molecule has 17 nitrogen and oxygen atoms in total. The van der Waals surface area contributed by atoms with E-state index in [-0.39, 0.29) is 50.1 Å². The quantitative estimate of drug-likeness (QED) is 0.0816. The molecule has 4 fully saturated rings. The lowest BCUT2D eigenvalue weighted by Crippen LogP contribution is -2.59. The summed E-state index contributed by atoms with van der Waals surface area (Å²) < 4.78 is 28.4. The SMILES string of the molecule is Cc1cccc(-c2ccn(-c3cc(N4CCOCC4)nc(OCCc4ccc(C#CC5CCN(C(=O)C[C@H](NC(=O)[C@@H]6C[C@@H](O)CN6C(=O)[C@@H](NC(=O)C6(F)CC6)C(C)(C)C)c6ccc(-c7scnc7C)cc6)CC5)cc4)n3)n2)c1. The predicted molar refractivity (Wildman–Crippen MR) is 303 cm³/mol. The van der Waals surface area contributed by atoms with Crippen LogP contribution >= 0.6 is 11.3 Å². The third-order valence-corrected chi connectivity index (χ3v) is 16.3. The van der Waals surface area contributed by atoms with Crippen LogP contribution in [-0.4, -0.2) is 140 Å². The molecule has 3 aromatic carbocycles. The molecule has 3 N–H and O–H groups in total. The monoisotopic (exact) mass is 1100 g/mol. The number of carbonyl (C=O) groups excluding carboxylic acids is 4. The van der Waals surface area contributed by atoms with Crippen LogP contribution in [-0.2, 0) is 30.3 Å². The van der Waals surface area contributed by atoms with Crippen molar-refractivity contribution >= 4 is 40.8 Å². The maximum Gasteiger partial charge on any atom is 0.320 e. The van der Waals surface area contributed by atoms with Gasteiger partial charge in [0.1, 0.15) is 17.9 Å². The lowest BCUT2D eigenvalue weighted by atomic mass is 9.85. The van der Waals surface area contributed by atoms with Crippen molar-refractivity contribution in [1.29, 1.82) is 0 Å². The standard InChI is InChI=1S/C61H69FN10O7S/c1-39-7-6-8-46(33-39)48-21-27-72(68-48)52-36-51(69-28-31-78-32-29-69)65-59(66-52)79-30-22-42-12-9-41(10-13-42)11-14-43-19-25-70(26-20-43)53(74)35-49(44-15-17-45(18-16-44)54-40(2)63-38-80-54)64-56(75)50-34-47(73)37-71(50)57(76)55(60(3,4)5)67-58(77)61(62)23-24-61/h6-10,12-13,15-18,21,27,33,36,38,43,47,49-50,55,73H,19-20,22-26,28-32,34-35,37H2,1-5H3,(H,64,75)(H,67,77)/t47-,49+,50+,55-/m1/s1. The van der Waals surface area contributed by atoms with Gasteiger partial charge in [-0.05, 0) is 85.9 Å². The van der Waals surface area contributed by atoms with Crippen LogP contribution in [0.2, 0.25) is 0 Å². The first-order valence-corrected chi connectivity index (χ1v) is 28.5. The summed E-state index contributed by atoms with van der Waals surface area (Å²) in [7, 11) is 0. The highest BCUT2D eigenvalue weighted by molar-refractivity contribution is 7.13. The molecule has 4 amide bonds. The molecule has 6 aromatic rings. The van der Waals surface area contributed by atoms with E-state index in [9.17, 15) is 28.7 Å². The first-order valence-electron chi connectivity index (χ1n) is 27.6. The number of benzene rings is 3. The van der Waals surface area contributed by atoms with Crippen molar-refractivity contribution in [3.63, 3.8) is 0 Å². The van der Waals surface area contributed by atoms with Gasteiger partial charge in [-0.25, -0.2) is 14.1 Å². The number of amides is 4. The van der Waals surface area contributed by atoms with Crippen molar-refractivity contribution in [3.05, 3.63) is 125 Å². The van der Waals surface area contributed by atoms with Gasteiger partial charge >= 0.3 is 6.01 Å². The van der Waals surface area contributed by atoms with Gasteiger partial charge in [0.05, 0.1) is 60.2 Å². The van der Waals surface area contributed by atoms with Crippen molar-refractivity contribution < 1.29 is 38.1 Å². The van der Waals surface area contributed by atoms with Crippen molar-refractivity contribution in [2.24, 2.45) is 11.3 Å². The van der Waals surface area contributed by atoms with E-state index in [0.717, 1.165) is 49.9 Å². The molecule has 0 bridgehead atoms. The van der Waals surface area contributed by atoms with Crippen molar-refractivity contribution in [1.82, 2.24) is 45.2 Å². The summed E-state index contributed by atoms with van der Waals surface area (Å²) in [5.41, 5.74) is 6.50. The predicted octanol–water partition coefficient (Wildman–Crippen LogP) is 7.36. The average Bonchev–Trinajstić information content (AvgIpc) is 3.83. The molecule has 19 heteroatoms. The molecule has 1 saturated carbocycles. The Bertz CT molecular complexity index is 3260. The lowest BCUT2D eigenvalue weighted by Gasteiger charge is -2.36. The molecule has 3 aliphatic heterocycles. The zero-order valence-electron chi connectivity index (χ0n) is 46.0. The van der Waals surface area contributed by atoms with Gasteiger partial charge in [0.15, 0.2) is 11.5 Å². The fourth-order valence-corrected chi connectivity index (χ4v) is 11.2. The number of piperidine rings is 1. The highest BCUT2D eigenvalue weighted by atomic mass is 32.1. The molecule has 6 heterocycles. The number of aliphatic hydroxyl groups is 1. The summed E-state index contributed by atoms with van der Waals surface area (Å²) in [6, 6.07) is 25.2. The number of hydrogen-bond donors (Lipinski definition) is 3. The minimum absolute atomic E-state index is 0.0406. The second kappa shape index (κ2) is 24.1. The Balaban J connectivity index is 0.752. The number of thiazole rings is 1. The van der Waals surface area contributed by atoms with Crippen molar-refractivity contribution in [2.45, 2.75) is 109 Å². The van der Waals surface area contributed by atoms with Crippen LogP contribution in [0.1, 0.15) is 93.3 Å². The number of morpholine rings is 1. The Kier molecular flexibility index (Phi) is 16.8. The summed E-state index contributed by atoms with van der Waals surface area (Å²) in [6.07, 6.45) is 2.98. The van der Waals surface area contributed by atoms with E-state index in [0.29, 0.717) is 76.6 Å². The van der Waals surface area contributed by atoms with Gasteiger partial charge in [-0.3, -0.25) is 19.2 Å². The van der Waals surface area contributed by atoms with E-state index in [4.69, 9.17) is 24.5 Å². The normalized spacial score (nSPS) is 18.9. The molecular weight excluding hydrogens is 1040 g/mol. The van der Waals surface area contributed by atoms with Gasteiger partial charge in [0.25, 0.3) is 5.91 Å². The molecule has 0 radical (unpaired) electrons. The number of β-amino-alcohol motifs (C(OH)–C–C–N with tert-alkyl or cyclic N) is 1. The summed E-state index contributed by atoms with van der Waals surface area (Å²) in [6.45, 7) is 13.1. The molecule has 1 aliphatic carbocycles. The number of ether oxygens (including phenoxy) is 2. The summed E-state index contributed by atoms with van der Waals surface area (Å²) >= 11 is 1.52. The number of carbonyl (C=O) groups is 4. The van der Waals surface area contributed by atoms with Gasteiger partial charge in [0.2, 0.25) is 17.7 Å². The van der Waals surface area contributed by atoms with Gasteiger partial charge in [-0.2, -0.15) is 15.1 Å². The van der Waals surface area contributed by atoms with Gasteiger partial charge in [0, 0.05) is 74.9 Å². The van der Waals surface area contributed by atoms with E-state index in [1.165, 1.54) is 16.2 Å². The number of hydrogen-bond acceptors (Lipinski definition) is 13. The van der Waals surface area contributed by atoms with Crippen LogP contribution in [0.5, 0.6) is 6.01 Å². The Morgan fingerprint density at radius 1 is 0.912 bits per heavy atom. The molecule has 3 aromatic heterocycles. The number of likely N-dealkylation sites (tertiary alicyclic amines) is 2. The second-order valence-corrected chi connectivity index (χ2v) is 23.3. The smallest absolute Gasteiger partial charge is 0.320 e. The number of nitrogens with zero attached hydrogens (tertiary/aromatic N) is 8. The highest BCUT2D eigenvalue weighted by Gasteiger charge is 2.53. The zero-order chi connectivity index (χ0) is 56.1. The maximum absolute atomic E-state index is 14.8. The third kappa shape index (κ3) is 13.4. The Labute approximate surface area is 470 Å². The molecule has 4 atom stereocenters. The number of rotatable bonds is 16. The van der Waals surface area contributed by atoms with Gasteiger partial charge in [-0.1, -0.05) is 92.8 Å². The third-order valence-electron chi connectivity index (χ3n) is 15.4.